The molecule has 0 unspecified atom stereocenters. The van der Waals surface area contributed by atoms with Gasteiger partial charge in [0.05, 0.1) is 13.2 Å². The van der Waals surface area contributed by atoms with Crippen molar-refractivity contribution in [3.05, 3.63) is 0 Å². The highest BCUT2D eigenvalue weighted by atomic mass is 16.5. The van der Waals surface area contributed by atoms with Gasteiger partial charge in [0.25, 0.3) is 0 Å². The van der Waals surface area contributed by atoms with E-state index in [0.717, 1.165) is 32.1 Å². The van der Waals surface area contributed by atoms with Gasteiger partial charge in [-0.2, -0.15) is 0 Å². The zero-order chi connectivity index (χ0) is 24.8. The van der Waals surface area contributed by atoms with E-state index in [1.54, 1.807) is 6.92 Å². The van der Waals surface area contributed by atoms with E-state index in [-0.39, 0.29) is 35.0 Å². The number of carbonyl (C=O) groups is 2. The average molecular weight is 477 g/mol. The van der Waals surface area contributed by atoms with Crippen molar-refractivity contribution < 1.29 is 24.2 Å². The van der Waals surface area contributed by atoms with Crippen LogP contribution in [-0.4, -0.2) is 36.4 Å². The van der Waals surface area contributed by atoms with E-state index in [4.69, 9.17) is 9.47 Å². The summed E-state index contributed by atoms with van der Waals surface area (Å²) in [4.78, 5) is 24.2. The van der Waals surface area contributed by atoms with E-state index >= 15 is 0 Å². The van der Waals surface area contributed by atoms with Gasteiger partial charge in [-0.1, -0.05) is 27.7 Å². The van der Waals surface area contributed by atoms with Crippen molar-refractivity contribution >= 4 is 11.9 Å². The molecule has 4 fully saturated rings. The minimum absolute atomic E-state index is 0.0374. The highest BCUT2D eigenvalue weighted by Crippen LogP contribution is 2.70. The number of esters is 2. The lowest BCUT2D eigenvalue weighted by atomic mass is 9.41. The Balaban J connectivity index is 1.66. The van der Waals surface area contributed by atoms with Crippen molar-refractivity contribution in [1.82, 2.24) is 0 Å². The first kappa shape index (κ1) is 26.0. The first-order valence-corrected chi connectivity index (χ1v) is 14.0. The number of aliphatic hydroxyl groups is 1. The molecule has 4 aliphatic carbocycles. The van der Waals surface area contributed by atoms with E-state index in [0.29, 0.717) is 47.8 Å². The van der Waals surface area contributed by atoms with E-state index in [2.05, 4.69) is 27.7 Å². The molecule has 0 bridgehead atoms. The van der Waals surface area contributed by atoms with Gasteiger partial charge >= 0.3 is 11.9 Å². The SMILES string of the molecule is CC[C@H]1[C@@H](OC(C)=O)[C@@H]2[C@H](CC[C@]3(C)[C@@H]([C@H](C)CCC(=O)OC)CC[C@@H]23)[C@@]2(C)CC[C@@H](O)C[C@@H]12. The molecule has 5 nitrogen and oxygen atoms in total. The number of hydrogen-bond acceptors (Lipinski definition) is 5. The summed E-state index contributed by atoms with van der Waals surface area (Å²) >= 11 is 0. The van der Waals surface area contributed by atoms with Crippen LogP contribution in [0.3, 0.4) is 0 Å². The van der Waals surface area contributed by atoms with Gasteiger partial charge in [0, 0.05) is 19.3 Å². The zero-order valence-corrected chi connectivity index (χ0v) is 22.3. The van der Waals surface area contributed by atoms with Gasteiger partial charge in [-0.3, -0.25) is 9.59 Å². The molecule has 0 aromatic heterocycles. The quantitative estimate of drug-likeness (QED) is 0.493. The van der Waals surface area contributed by atoms with Crippen LogP contribution in [0.15, 0.2) is 0 Å². The lowest BCUT2D eigenvalue weighted by molar-refractivity contribution is -0.217. The van der Waals surface area contributed by atoms with E-state index < -0.39 is 0 Å². The van der Waals surface area contributed by atoms with Crippen LogP contribution in [-0.2, 0) is 19.1 Å². The summed E-state index contributed by atoms with van der Waals surface area (Å²) < 4.78 is 11.2. The van der Waals surface area contributed by atoms with Gasteiger partial charge in [-0.15, -0.1) is 0 Å². The predicted octanol–water partition coefficient (Wildman–Crippen LogP) is 5.77. The van der Waals surface area contributed by atoms with Gasteiger partial charge < -0.3 is 14.6 Å². The zero-order valence-electron chi connectivity index (χ0n) is 22.3. The smallest absolute Gasteiger partial charge is 0.305 e. The normalized spacial score (nSPS) is 46.6. The highest BCUT2D eigenvalue weighted by molar-refractivity contribution is 5.69. The molecule has 4 aliphatic rings. The summed E-state index contributed by atoms with van der Waals surface area (Å²) in [5.41, 5.74) is 0.446. The fourth-order valence-corrected chi connectivity index (χ4v) is 9.90. The van der Waals surface area contributed by atoms with Crippen LogP contribution in [0, 0.1) is 52.3 Å². The first-order valence-electron chi connectivity index (χ1n) is 14.0. The molecule has 1 N–H and O–H groups in total. The minimum Gasteiger partial charge on any atom is -0.469 e. The number of hydrogen-bond donors (Lipinski definition) is 1. The Morgan fingerprint density at radius 2 is 1.71 bits per heavy atom. The van der Waals surface area contributed by atoms with E-state index in [9.17, 15) is 14.7 Å². The lowest BCUT2D eigenvalue weighted by Gasteiger charge is -2.65. The molecule has 4 saturated carbocycles. The molecule has 0 saturated heterocycles. The topological polar surface area (TPSA) is 72.8 Å². The highest BCUT2D eigenvalue weighted by Gasteiger charge is 2.65. The Morgan fingerprint density at radius 1 is 1.03 bits per heavy atom. The Labute approximate surface area is 206 Å². The van der Waals surface area contributed by atoms with Gasteiger partial charge in [0.15, 0.2) is 0 Å². The number of aliphatic hydroxyl groups excluding tert-OH is 1. The molecule has 5 heteroatoms. The molecule has 11 atom stereocenters. The minimum atomic E-state index is -0.220. The van der Waals surface area contributed by atoms with Crippen LogP contribution >= 0.6 is 0 Å². The summed E-state index contributed by atoms with van der Waals surface area (Å²) in [5, 5.41) is 10.6. The fourth-order valence-electron chi connectivity index (χ4n) is 9.90. The standard InChI is InChI=1S/C29H48O5/c1-7-20-24-16-19(31)12-14-29(24,5)23-13-15-28(4)21(17(2)8-11-25(32)33-6)9-10-22(28)26(23)27(20)34-18(3)30/h17,19-24,26-27,31H,7-16H2,1-6H3/t17-,19-,20-,21-,22+,23+,24+,26+,27-,28-,29-/m1/s1. The largest absolute Gasteiger partial charge is 0.469 e. The Kier molecular flexibility index (Phi) is 7.45. The van der Waals surface area contributed by atoms with Crippen LogP contribution in [0.1, 0.15) is 98.8 Å². The summed E-state index contributed by atoms with van der Waals surface area (Å²) in [5.74, 6) is 3.07. The molecule has 0 aromatic carbocycles. The number of carbonyl (C=O) groups excluding carboxylic acids is 2. The van der Waals surface area contributed by atoms with Crippen LogP contribution in [0.4, 0.5) is 0 Å². The van der Waals surface area contributed by atoms with Gasteiger partial charge in [0.2, 0.25) is 0 Å². The molecule has 0 heterocycles. The van der Waals surface area contributed by atoms with Crippen molar-refractivity contribution in [2.45, 2.75) is 111 Å². The van der Waals surface area contributed by atoms with Gasteiger partial charge in [-0.05, 0) is 104 Å². The maximum atomic E-state index is 12.4. The second kappa shape index (κ2) is 9.75. The molecule has 0 amide bonds. The molecule has 0 radical (unpaired) electrons. The number of ether oxygens (including phenoxy) is 2. The molecule has 0 aromatic rings. The predicted molar refractivity (Wildman–Crippen MR) is 132 cm³/mol. The van der Waals surface area contributed by atoms with Crippen molar-refractivity contribution in [2.75, 3.05) is 7.11 Å². The monoisotopic (exact) mass is 476 g/mol. The average Bonchev–Trinajstić information content (AvgIpc) is 3.15. The van der Waals surface area contributed by atoms with Crippen molar-refractivity contribution in [3.8, 4) is 0 Å². The van der Waals surface area contributed by atoms with E-state index in [1.807, 2.05) is 0 Å². The van der Waals surface area contributed by atoms with Crippen molar-refractivity contribution in [2.24, 2.45) is 52.3 Å². The summed E-state index contributed by atoms with van der Waals surface area (Å²) in [6.45, 7) is 11.1. The first-order chi connectivity index (χ1) is 16.1. The van der Waals surface area contributed by atoms with Crippen LogP contribution < -0.4 is 0 Å². The van der Waals surface area contributed by atoms with Gasteiger partial charge in [-0.25, -0.2) is 0 Å². The second-order valence-corrected chi connectivity index (χ2v) is 12.8. The van der Waals surface area contributed by atoms with Gasteiger partial charge in [0.1, 0.15) is 6.10 Å². The van der Waals surface area contributed by atoms with Crippen molar-refractivity contribution in [3.63, 3.8) is 0 Å². The maximum Gasteiger partial charge on any atom is 0.305 e. The third kappa shape index (κ3) is 4.22. The van der Waals surface area contributed by atoms with Crippen molar-refractivity contribution in [1.29, 1.82) is 0 Å². The van der Waals surface area contributed by atoms with E-state index in [1.165, 1.54) is 32.8 Å². The molecule has 4 rings (SSSR count). The molecule has 0 spiro atoms. The third-order valence-corrected chi connectivity index (χ3v) is 11.5. The molecule has 34 heavy (non-hydrogen) atoms. The molecule has 0 aliphatic heterocycles. The summed E-state index contributed by atoms with van der Waals surface area (Å²) in [6, 6.07) is 0. The fraction of sp³-hybridized carbons (Fsp3) is 0.931. The number of rotatable bonds is 6. The summed E-state index contributed by atoms with van der Waals surface area (Å²) in [6.07, 6.45) is 9.78. The molecule has 194 valence electrons. The Hall–Kier alpha value is -1.10. The Morgan fingerprint density at radius 3 is 2.35 bits per heavy atom. The molecular weight excluding hydrogens is 428 g/mol. The third-order valence-electron chi connectivity index (χ3n) is 11.5. The summed E-state index contributed by atoms with van der Waals surface area (Å²) in [7, 11) is 1.47. The molecular formula is C29H48O5. The van der Waals surface area contributed by atoms with Crippen LogP contribution in [0.25, 0.3) is 0 Å². The second-order valence-electron chi connectivity index (χ2n) is 12.8. The maximum absolute atomic E-state index is 12.4. The number of fused-ring (bicyclic) bond motifs is 5. The Bertz CT molecular complexity index is 766. The lowest BCUT2D eigenvalue weighted by Crippen LogP contribution is -2.63. The number of methoxy groups -OCH3 is 1. The van der Waals surface area contributed by atoms with Crippen LogP contribution in [0.5, 0.6) is 0 Å². The van der Waals surface area contributed by atoms with Crippen LogP contribution in [0.2, 0.25) is 0 Å².